The van der Waals surface area contributed by atoms with Crippen molar-refractivity contribution in [2.75, 3.05) is 18.1 Å². The molecule has 0 aliphatic carbocycles. The zero-order valence-electron chi connectivity index (χ0n) is 15.4. The van der Waals surface area contributed by atoms with Gasteiger partial charge in [-0.3, -0.25) is 4.79 Å². The number of nitrogens with two attached hydrogens (primary N) is 1. The van der Waals surface area contributed by atoms with Crippen LogP contribution in [0.25, 0.3) is 0 Å². The quantitative estimate of drug-likeness (QED) is 0.691. The summed E-state index contributed by atoms with van der Waals surface area (Å²) >= 11 is 5.57. The van der Waals surface area contributed by atoms with Crippen LogP contribution in [0.5, 0.6) is 0 Å². The number of para-hydroxylation sites is 1. The lowest BCUT2D eigenvalue weighted by atomic mass is 9.99. The Kier molecular flexibility index (Phi) is 5.71. The Hall–Kier alpha value is -2.93. The summed E-state index contributed by atoms with van der Waals surface area (Å²) in [5.74, 6) is 0.386. The number of amides is 1. The van der Waals surface area contributed by atoms with Crippen molar-refractivity contribution in [3.8, 4) is 0 Å². The number of anilines is 2. The average molecular weight is 382 g/mol. The Morgan fingerprint density at radius 2 is 2.07 bits per heavy atom. The summed E-state index contributed by atoms with van der Waals surface area (Å²) in [5.41, 5.74) is 8.95. The van der Waals surface area contributed by atoms with Gasteiger partial charge in [0.15, 0.2) is 0 Å². The highest BCUT2D eigenvalue weighted by Crippen LogP contribution is 2.24. The number of likely N-dealkylation sites (N-methyl/N-ethyl adjacent to an activating group) is 1. The van der Waals surface area contributed by atoms with Crippen molar-refractivity contribution in [3.63, 3.8) is 0 Å². The van der Waals surface area contributed by atoms with Crippen molar-refractivity contribution < 1.29 is 4.79 Å². The first-order chi connectivity index (χ1) is 13.0. The molecule has 2 aromatic rings. The minimum atomic E-state index is -0.0843. The van der Waals surface area contributed by atoms with E-state index < -0.39 is 0 Å². The maximum Gasteiger partial charge on any atom is 0.258 e. The first-order valence-electron chi connectivity index (χ1n) is 8.76. The van der Waals surface area contributed by atoms with Crippen LogP contribution in [0, 0.1) is 0 Å². The normalized spacial score (nSPS) is 17.0. The molecule has 0 fully saturated rings. The molecule has 1 aromatic heterocycles. The van der Waals surface area contributed by atoms with E-state index in [1.54, 1.807) is 18.1 Å². The molecule has 0 saturated heterocycles. The van der Waals surface area contributed by atoms with Crippen molar-refractivity contribution in [2.24, 2.45) is 0 Å². The van der Waals surface area contributed by atoms with Gasteiger partial charge in [0.2, 0.25) is 0 Å². The molecule has 1 aromatic carbocycles. The monoisotopic (exact) mass is 381 g/mol. The SMILES string of the molecule is CC1CC(NCc2ccnc(N)c2)=C(C(=S)Nc2ccccc2)C(=O)N1C. The molecular formula is C20H23N5OS. The highest BCUT2D eigenvalue weighted by molar-refractivity contribution is 7.81. The Labute approximate surface area is 164 Å². The second-order valence-electron chi connectivity index (χ2n) is 6.59. The molecule has 140 valence electrons. The van der Waals surface area contributed by atoms with Crippen LogP contribution >= 0.6 is 12.2 Å². The van der Waals surface area contributed by atoms with Gasteiger partial charge in [-0.2, -0.15) is 0 Å². The number of nitrogens with zero attached hydrogens (tertiary/aromatic N) is 2. The molecule has 1 aliphatic rings. The predicted molar refractivity (Wildman–Crippen MR) is 112 cm³/mol. The van der Waals surface area contributed by atoms with Crippen LogP contribution in [-0.2, 0) is 11.3 Å². The molecule has 1 atom stereocenters. The van der Waals surface area contributed by atoms with Crippen LogP contribution in [0.2, 0.25) is 0 Å². The Bertz CT molecular complexity index is 881. The van der Waals surface area contributed by atoms with Crippen LogP contribution < -0.4 is 16.4 Å². The molecule has 6 nitrogen and oxygen atoms in total. The fourth-order valence-corrected chi connectivity index (χ4v) is 3.29. The van der Waals surface area contributed by atoms with E-state index in [-0.39, 0.29) is 11.9 Å². The van der Waals surface area contributed by atoms with E-state index in [4.69, 9.17) is 18.0 Å². The number of hydrogen-bond donors (Lipinski definition) is 3. The van der Waals surface area contributed by atoms with Gasteiger partial charge >= 0.3 is 0 Å². The molecule has 0 saturated carbocycles. The molecule has 7 heteroatoms. The molecule has 2 heterocycles. The summed E-state index contributed by atoms with van der Waals surface area (Å²) in [5, 5.41) is 6.56. The van der Waals surface area contributed by atoms with Gasteiger partial charge in [0.05, 0.1) is 5.57 Å². The first-order valence-corrected chi connectivity index (χ1v) is 9.17. The number of carbonyl (C=O) groups excluding carboxylic acids is 1. The minimum absolute atomic E-state index is 0.0843. The van der Waals surface area contributed by atoms with E-state index in [0.717, 1.165) is 16.9 Å². The number of aromatic nitrogens is 1. The largest absolute Gasteiger partial charge is 0.384 e. The summed E-state index contributed by atoms with van der Waals surface area (Å²) < 4.78 is 0. The summed E-state index contributed by atoms with van der Waals surface area (Å²) in [6.07, 6.45) is 2.38. The molecular weight excluding hydrogens is 358 g/mol. The third-order valence-electron chi connectivity index (χ3n) is 4.61. The molecule has 3 rings (SSSR count). The topological polar surface area (TPSA) is 83.3 Å². The number of rotatable bonds is 5. The summed E-state index contributed by atoms with van der Waals surface area (Å²) in [4.78, 5) is 19.1. The first kappa shape index (κ1) is 18.8. The minimum Gasteiger partial charge on any atom is -0.384 e. The van der Waals surface area contributed by atoms with Gasteiger partial charge in [-0.05, 0) is 36.8 Å². The number of pyridine rings is 1. The number of carbonyl (C=O) groups is 1. The molecule has 0 spiro atoms. The van der Waals surface area contributed by atoms with Gasteiger partial charge in [0.1, 0.15) is 10.8 Å². The standard InChI is InChI=1S/C20H23N5OS/c1-13-10-16(23-12-14-8-9-22-17(21)11-14)18(20(26)25(13)2)19(27)24-15-6-4-3-5-7-15/h3-9,11,13,23H,10,12H2,1-2H3,(H2,21,22)(H,24,27). The van der Waals surface area contributed by atoms with E-state index in [0.29, 0.717) is 29.3 Å². The number of thiocarbonyl (C=S) groups is 1. The maximum atomic E-state index is 12.9. The molecule has 27 heavy (non-hydrogen) atoms. The Morgan fingerprint density at radius 1 is 1.33 bits per heavy atom. The molecule has 0 bridgehead atoms. The fraction of sp³-hybridized carbons (Fsp3) is 0.250. The van der Waals surface area contributed by atoms with Crippen molar-refractivity contribution in [1.29, 1.82) is 0 Å². The highest BCUT2D eigenvalue weighted by Gasteiger charge is 2.31. The number of benzene rings is 1. The lowest BCUT2D eigenvalue weighted by Gasteiger charge is -2.34. The Balaban J connectivity index is 1.86. The second-order valence-corrected chi connectivity index (χ2v) is 6.99. The molecule has 1 amide bonds. The fourth-order valence-electron chi connectivity index (χ4n) is 2.96. The second kappa shape index (κ2) is 8.18. The van der Waals surface area contributed by atoms with Crippen LogP contribution in [0.15, 0.2) is 59.9 Å². The van der Waals surface area contributed by atoms with Gasteiger partial charge < -0.3 is 21.3 Å². The predicted octanol–water partition coefficient (Wildman–Crippen LogP) is 2.70. The van der Waals surface area contributed by atoms with Gasteiger partial charge in [-0.25, -0.2) is 4.98 Å². The third-order valence-corrected chi connectivity index (χ3v) is 4.91. The zero-order valence-corrected chi connectivity index (χ0v) is 16.2. The molecule has 4 N–H and O–H groups in total. The van der Waals surface area contributed by atoms with Crippen molar-refractivity contribution in [3.05, 3.63) is 65.5 Å². The van der Waals surface area contributed by atoms with Crippen LogP contribution in [-0.4, -0.2) is 33.9 Å². The van der Waals surface area contributed by atoms with E-state index in [1.165, 1.54) is 0 Å². The molecule has 1 aliphatic heterocycles. The average Bonchev–Trinajstić information content (AvgIpc) is 2.65. The lowest BCUT2D eigenvalue weighted by Crippen LogP contribution is -2.45. The number of hydrogen-bond acceptors (Lipinski definition) is 5. The highest BCUT2D eigenvalue weighted by atomic mass is 32.1. The van der Waals surface area contributed by atoms with Gasteiger partial charge in [0.25, 0.3) is 5.91 Å². The van der Waals surface area contributed by atoms with Gasteiger partial charge in [-0.15, -0.1) is 0 Å². The van der Waals surface area contributed by atoms with Crippen molar-refractivity contribution in [2.45, 2.75) is 25.9 Å². The molecule has 0 radical (unpaired) electrons. The van der Waals surface area contributed by atoms with Crippen LogP contribution in [0.3, 0.4) is 0 Å². The van der Waals surface area contributed by atoms with Gasteiger partial charge in [-0.1, -0.05) is 30.4 Å². The van der Waals surface area contributed by atoms with E-state index in [9.17, 15) is 4.79 Å². The van der Waals surface area contributed by atoms with E-state index in [1.807, 2.05) is 49.4 Å². The van der Waals surface area contributed by atoms with E-state index in [2.05, 4.69) is 15.6 Å². The summed E-state index contributed by atoms with van der Waals surface area (Å²) in [6, 6.07) is 13.4. The summed E-state index contributed by atoms with van der Waals surface area (Å²) in [6.45, 7) is 2.57. The number of nitrogen functional groups attached to an aromatic ring is 1. The number of nitrogens with one attached hydrogen (secondary N) is 2. The van der Waals surface area contributed by atoms with Crippen LogP contribution in [0.1, 0.15) is 18.9 Å². The smallest absolute Gasteiger partial charge is 0.258 e. The van der Waals surface area contributed by atoms with E-state index >= 15 is 0 Å². The van der Waals surface area contributed by atoms with Crippen molar-refractivity contribution in [1.82, 2.24) is 15.2 Å². The Morgan fingerprint density at radius 3 is 2.78 bits per heavy atom. The third kappa shape index (κ3) is 4.43. The van der Waals surface area contributed by atoms with Crippen LogP contribution in [0.4, 0.5) is 11.5 Å². The van der Waals surface area contributed by atoms with Crippen molar-refractivity contribution >= 4 is 34.6 Å². The molecule has 1 unspecified atom stereocenters. The van der Waals surface area contributed by atoms with Gasteiger partial charge in [0, 0.05) is 43.6 Å². The summed E-state index contributed by atoms with van der Waals surface area (Å²) in [7, 11) is 1.80. The maximum absolute atomic E-state index is 12.9. The zero-order chi connectivity index (χ0) is 19.4. The lowest BCUT2D eigenvalue weighted by molar-refractivity contribution is -0.127.